The Morgan fingerprint density at radius 3 is 2.52 bits per heavy atom. The molecule has 21 heavy (non-hydrogen) atoms. The van der Waals surface area contributed by atoms with Gasteiger partial charge in [-0.2, -0.15) is 0 Å². The van der Waals surface area contributed by atoms with Gasteiger partial charge in [0.25, 0.3) is 0 Å². The molecule has 1 fully saturated rings. The number of carbonyl (C=O) groups excluding carboxylic acids is 1. The van der Waals surface area contributed by atoms with Gasteiger partial charge >= 0.3 is 12.0 Å². The lowest BCUT2D eigenvalue weighted by atomic mass is 9.82. The van der Waals surface area contributed by atoms with Gasteiger partial charge in [0.05, 0.1) is 6.54 Å². The Kier molecular flexibility index (Phi) is 4.55. The van der Waals surface area contributed by atoms with Crippen molar-refractivity contribution in [3.8, 4) is 0 Å². The van der Waals surface area contributed by atoms with Crippen LogP contribution < -0.4 is 5.32 Å². The van der Waals surface area contributed by atoms with Gasteiger partial charge in [0.1, 0.15) is 17.1 Å². The lowest BCUT2D eigenvalue weighted by Gasteiger charge is -2.35. The van der Waals surface area contributed by atoms with Crippen LogP contribution in [0.2, 0.25) is 0 Å². The fourth-order valence-corrected chi connectivity index (χ4v) is 2.72. The van der Waals surface area contributed by atoms with Crippen LogP contribution in [0.1, 0.15) is 43.6 Å². The first-order valence-electron chi connectivity index (χ1n) is 7.25. The second kappa shape index (κ2) is 6.20. The Hall–Kier alpha value is -1.98. The topological polar surface area (TPSA) is 82.8 Å². The largest absolute Gasteiger partial charge is 0.480 e. The molecule has 0 unspecified atom stereocenters. The van der Waals surface area contributed by atoms with Gasteiger partial charge < -0.3 is 19.7 Å². The molecular weight excluding hydrogens is 272 g/mol. The van der Waals surface area contributed by atoms with Crippen molar-refractivity contribution in [3.05, 3.63) is 23.7 Å². The summed E-state index contributed by atoms with van der Waals surface area (Å²) in [6.07, 6.45) is 3.65. The maximum absolute atomic E-state index is 12.2. The minimum Gasteiger partial charge on any atom is -0.480 e. The van der Waals surface area contributed by atoms with Gasteiger partial charge in [0.2, 0.25) is 0 Å². The Balaban J connectivity index is 1.99. The minimum atomic E-state index is -1.12. The zero-order valence-corrected chi connectivity index (χ0v) is 12.5. The summed E-state index contributed by atoms with van der Waals surface area (Å²) >= 11 is 0. The maximum Gasteiger partial charge on any atom is 0.329 e. The first-order valence-corrected chi connectivity index (χ1v) is 7.25. The van der Waals surface area contributed by atoms with E-state index < -0.39 is 11.5 Å². The van der Waals surface area contributed by atoms with E-state index in [9.17, 15) is 14.7 Å². The van der Waals surface area contributed by atoms with Gasteiger partial charge in [-0.15, -0.1) is 0 Å². The summed E-state index contributed by atoms with van der Waals surface area (Å²) in [6, 6.07) is 3.27. The van der Waals surface area contributed by atoms with Crippen LogP contribution in [0.5, 0.6) is 0 Å². The molecule has 1 aromatic rings. The van der Waals surface area contributed by atoms with E-state index in [-0.39, 0.29) is 6.03 Å². The highest BCUT2D eigenvalue weighted by Gasteiger charge is 2.41. The number of furan rings is 1. The molecule has 2 N–H and O–H groups in total. The normalized spacial score (nSPS) is 17.2. The van der Waals surface area contributed by atoms with Crippen molar-refractivity contribution in [1.82, 2.24) is 10.2 Å². The van der Waals surface area contributed by atoms with Crippen LogP contribution in [-0.2, 0) is 11.3 Å². The highest BCUT2D eigenvalue weighted by atomic mass is 16.4. The molecule has 1 aliphatic rings. The van der Waals surface area contributed by atoms with Crippen LogP contribution in [0, 0.1) is 6.92 Å². The SMILES string of the molecule is Cc1ccc(CN(C)C(=O)NC2(C(=O)O)CCCCC2)o1. The number of carboxylic acid groups (broad SMARTS) is 1. The van der Waals surface area contributed by atoms with E-state index >= 15 is 0 Å². The quantitative estimate of drug-likeness (QED) is 0.894. The smallest absolute Gasteiger partial charge is 0.329 e. The van der Waals surface area contributed by atoms with E-state index in [1.54, 1.807) is 7.05 Å². The molecule has 0 aliphatic heterocycles. The summed E-state index contributed by atoms with van der Waals surface area (Å²) in [5.74, 6) is 0.518. The molecule has 1 aliphatic carbocycles. The summed E-state index contributed by atoms with van der Waals surface area (Å²) < 4.78 is 5.43. The fraction of sp³-hybridized carbons (Fsp3) is 0.600. The number of rotatable bonds is 4. The molecule has 0 aromatic carbocycles. The average Bonchev–Trinajstić information content (AvgIpc) is 2.85. The number of amides is 2. The summed E-state index contributed by atoms with van der Waals surface area (Å²) in [4.78, 5) is 25.2. The lowest BCUT2D eigenvalue weighted by Crippen LogP contribution is -2.58. The minimum absolute atomic E-state index is 0.315. The second-order valence-electron chi connectivity index (χ2n) is 5.75. The number of aryl methyl sites for hydroxylation is 1. The molecule has 116 valence electrons. The third-order valence-corrected chi connectivity index (χ3v) is 4.00. The van der Waals surface area contributed by atoms with Crippen LogP contribution in [0.25, 0.3) is 0 Å². The van der Waals surface area contributed by atoms with Crippen LogP contribution in [0.3, 0.4) is 0 Å². The number of nitrogens with one attached hydrogen (secondary N) is 1. The fourth-order valence-electron chi connectivity index (χ4n) is 2.72. The molecule has 6 nitrogen and oxygen atoms in total. The Morgan fingerprint density at radius 1 is 1.33 bits per heavy atom. The zero-order chi connectivity index (χ0) is 15.5. The van der Waals surface area contributed by atoms with E-state index in [2.05, 4.69) is 5.32 Å². The summed E-state index contributed by atoms with van der Waals surface area (Å²) in [5.41, 5.74) is -1.12. The number of hydrogen-bond donors (Lipinski definition) is 2. The Labute approximate surface area is 124 Å². The van der Waals surface area contributed by atoms with Gasteiger partial charge in [0, 0.05) is 7.05 Å². The first-order chi connectivity index (χ1) is 9.93. The maximum atomic E-state index is 12.2. The van der Waals surface area contributed by atoms with Crippen LogP contribution in [0.4, 0.5) is 4.79 Å². The monoisotopic (exact) mass is 294 g/mol. The second-order valence-corrected chi connectivity index (χ2v) is 5.75. The molecule has 0 saturated heterocycles. The molecule has 6 heteroatoms. The van der Waals surface area contributed by atoms with Crippen molar-refractivity contribution in [2.24, 2.45) is 0 Å². The van der Waals surface area contributed by atoms with Gasteiger partial charge in [-0.3, -0.25) is 0 Å². The van der Waals surface area contributed by atoms with E-state index in [0.29, 0.717) is 25.1 Å². The van der Waals surface area contributed by atoms with Gasteiger partial charge in [-0.05, 0) is 31.9 Å². The molecule has 0 atom stereocenters. The van der Waals surface area contributed by atoms with Gasteiger partial charge in [-0.1, -0.05) is 19.3 Å². The highest BCUT2D eigenvalue weighted by Crippen LogP contribution is 2.28. The van der Waals surface area contributed by atoms with E-state index in [1.165, 1.54) is 4.90 Å². The molecule has 2 rings (SSSR count). The predicted octanol–water partition coefficient (Wildman–Crippen LogP) is 2.52. The first kappa shape index (κ1) is 15.4. The van der Waals surface area contributed by atoms with Crippen molar-refractivity contribution >= 4 is 12.0 Å². The molecule has 1 saturated carbocycles. The van der Waals surface area contributed by atoms with Crippen LogP contribution in [0.15, 0.2) is 16.5 Å². The zero-order valence-electron chi connectivity index (χ0n) is 12.5. The summed E-state index contributed by atoms with van der Waals surface area (Å²) in [5, 5.41) is 12.2. The van der Waals surface area contributed by atoms with E-state index in [0.717, 1.165) is 25.0 Å². The number of aliphatic carboxylic acids is 1. The summed E-state index contributed by atoms with van der Waals surface area (Å²) in [6.45, 7) is 2.15. The van der Waals surface area contributed by atoms with Crippen LogP contribution >= 0.6 is 0 Å². The Bertz CT molecular complexity index is 517. The third kappa shape index (κ3) is 3.56. The number of carboxylic acids is 1. The predicted molar refractivity (Wildman–Crippen MR) is 76.9 cm³/mol. The Morgan fingerprint density at radius 2 is 2.00 bits per heavy atom. The molecule has 2 amide bonds. The van der Waals surface area contributed by atoms with Crippen LogP contribution in [-0.4, -0.2) is 34.6 Å². The van der Waals surface area contributed by atoms with Gasteiger partial charge in [-0.25, -0.2) is 9.59 Å². The standard InChI is InChI=1S/C15H22N2O4/c1-11-6-7-12(21-11)10-17(2)14(20)16-15(13(18)19)8-4-3-5-9-15/h6-7H,3-5,8-10H2,1-2H3,(H,16,20)(H,18,19). The van der Waals surface area contributed by atoms with Crippen molar-refractivity contribution < 1.29 is 19.1 Å². The van der Waals surface area contributed by atoms with Gasteiger partial charge in [0.15, 0.2) is 0 Å². The van der Waals surface area contributed by atoms with Crippen molar-refractivity contribution in [3.63, 3.8) is 0 Å². The number of carbonyl (C=O) groups is 2. The van der Waals surface area contributed by atoms with E-state index in [1.807, 2.05) is 19.1 Å². The highest BCUT2D eigenvalue weighted by molar-refractivity contribution is 5.86. The molecule has 1 aromatic heterocycles. The molecule has 0 bridgehead atoms. The van der Waals surface area contributed by atoms with E-state index in [4.69, 9.17) is 4.42 Å². The van der Waals surface area contributed by atoms with Crippen molar-refractivity contribution in [1.29, 1.82) is 0 Å². The number of nitrogens with zero attached hydrogens (tertiary/aromatic N) is 1. The third-order valence-electron chi connectivity index (χ3n) is 4.00. The average molecular weight is 294 g/mol. The van der Waals surface area contributed by atoms with Crippen molar-refractivity contribution in [2.45, 2.75) is 51.1 Å². The molecular formula is C15H22N2O4. The van der Waals surface area contributed by atoms with Crippen molar-refractivity contribution in [2.75, 3.05) is 7.05 Å². The lowest BCUT2D eigenvalue weighted by molar-refractivity contribution is -0.145. The molecule has 0 radical (unpaired) electrons. The number of hydrogen-bond acceptors (Lipinski definition) is 3. The summed E-state index contributed by atoms with van der Waals surface area (Å²) in [7, 11) is 1.63. The molecule has 0 spiro atoms. The molecule has 1 heterocycles. The number of urea groups is 1.